The molecule has 1 aliphatic rings. The van der Waals surface area contributed by atoms with Crippen molar-refractivity contribution >= 4 is 17.6 Å². The monoisotopic (exact) mass is 327 g/mol. The fourth-order valence-electron chi connectivity index (χ4n) is 2.27. The molecule has 0 unspecified atom stereocenters. The van der Waals surface area contributed by atoms with Crippen molar-refractivity contribution in [1.82, 2.24) is 0 Å². The summed E-state index contributed by atoms with van der Waals surface area (Å²) in [5.74, 6) is 0.722. The predicted octanol–water partition coefficient (Wildman–Crippen LogP) is 2.77. The third kappa shape index (κ3) is 3.65. The van der Waals surface area contributed by atoms with Gasteiger partial charge in [0.25, 0.3) is 5.91 Å². The minimum absolute atomic E-state index is 0.0278. The highest BCUT2D eigenvalue weighted by Gasteiger charge is 2.16. The third-order valence-corrected chi connectivity index (χ3v) is 3.45. The van der Waals surface area contributed by atoms with Crippen molar-refractivity contribution < 1.29 is 23.8 Å². The van der Waals surface area contributed by atoms with Crippen LogP contribution in [0.2, 0.25) is 0 Å². The second kappa shape index (κ2) is 7.04. The zero-order valence-electron chi connectivity index (χ0n) is 13.2. The van der Waals surface area contributed by atoms with Gasteiger partial charge < -0.3 is 19.5 Å². The SMILES string of the molecule is CCOC(=O)c1ccc(COc2ccc3c(c2)NC(=O)CO3)cc1. The third-order valence-electron chi connectivity index (χ3n) is 3.45. The molecule has 0 saturated heterocycles. The zero-order chi connectivity index (χ0) is 16.9. The minimum atomic E-state index is -0.338. The molecule has 1 heterocycles. The van der Waals surface area contributed by atoms with Crippen LogP contribution in [0.15, 0.2) is 42.5 Å². The van der Waals surface area contributed by atoms with Gasteiger partial charge >= 0.3 is 5.97 Å². The average Bonchev–Trinajstić information content (AvgIpc) is 2.60. The summed E-state index contributed by atoms with van der Waals surface area (Å²) in [7, 11) is 0. The second-order valence-corrected chi connectivity index (χ2v) is 5.20. The summed E-state index contributed by atoms with van der Waals surface area (Å²) < 4.78 is 16.0. The summed E-state index contributed by atoms with van der Waals surface area (Å²) in [6.07, 6.45) is 0. The topological polar surface area (TPSA) is 73.9 Å². The number of carbonyl (C=O) groups excluding carboxylic acids is 2. The van der Waals surface area contributed by atoms with E-state index < -0.39 is 0 Å². The number of anilines is 1. The molecule has 0 atom stereocenters. The van der Waals surface area contributed by atoms with E-state index in [2.05, 4.69) is 5.32 Å². The van der Waals surface area contributed by atoms with Gasteiger partial charge in [0, 0.05) is 6.07 Å². The van der Waals surface area contributed by atoms with Gasteiger partial charge in [0.2, 0.25) is 0 Å². The molecule has 2 aromatic carbocycles. The Morgan fingerprint density at radius 3 is 2.75 bits per heavy atom. The number of amides is 1. The van der Waals surface area contributed by atoms with Crippen molar-refractivity contribution in [1.29, 1.82) is 0 Å². The lowest BCUT2D eigenvalue weighted by Gasteiger charge is -2.18. The van der Waals surface area contributed by atoms with Gasteiger partial charge in [0.05, 0.1) is 17.9 Å². The molecule has 0 aliphatic carbocycles. The maximum absolute atomic E-state index is 11.6. The fraction of sp³-hybridized carbons (Fsp3) is 0.222. The van der Waals surface area contributed by atoms with Gasteiger partial charge in [-0.3, -0.25) is 4.79 Å². The number of fused-ring (bicyclic) bond motifs is 1. The number of nitrogens with one attached hydrogen (secondary N) is 1. The Labute approximate surface area is 139 Å². The van der Waals surface area contributed by atoms with E-state index in [1.165, 1.54) is 0 Å². The van der Waals surface area contributed by atoms with Crippen LogP contribution < -0.4 is 14.8 Å². The Bertz CT molecular complexity index is 755. The molecule has 0 radical (unpaired) electrons. The molecule has 0 spiro atoms. The van der Waals surface area contributed by atoms with Crippen LogP contribution in [0.5, 0.6) is 11.5 Å². The summed E-state index contributed by atoms with van der Waals surface area (Å²) >= 11 is 0. The minimum Gasteiger partial charge on any atom is -0.489 e. The highest BCUT2D eigenvalue weighted by atomic mass is 16.5. The number of carbonyl (C=O) groups is 2. The summed E-state index contributed by atoms with van der Waals surface area (Å²) in [4.78, 5) is 22.9. The van der Waals surface area contributed by atoms with E-state index in [1.54, 1.807) is 37.3 Å². The predicted molar refractivity (Wildman–Crippen MR) is 87.3 cm³/mol. The lowest BCUT2D eigenvalue weighted by Crippen LogP contribution is -2.25. The Balaban J connectivity index is 1.62. The molecule has 24 heavy (non-hydrogen) atoms. The van der Waals surface area contributed by atoms with E-state index in [9.17, 15) is 9.59 Å². The van der Waals surface area contributed by atoms with Crippen molar-refractivity contribution in [2.75, 3.05) is 18.5 Å². The van der Waals surface area contributed by atoms with Crippen LogP contribution in [0.25, 0.3) is 0 Å². The quantitative estimate of drug-likeness (QED) is 0.855. The average molecular weight is 327 g/mol. The molecular weight excluding hydrogens is 310 g/mol. The standard InChI is InChI=1S/C18H17NO5/c1-2-22-18(21)13-5-3-12(4-6-13)10-23-14-7-8-16-15(9-14)19-17(20)11-24-16/h3-9H,2,10-11H2,1H3,(H,19,20). The first-order valence-corrected chi connectivity index (χ1v) is 7.61. The number of esters is 1. The van der Waals surface area contributed by atoms with Gasteiger partial charge in [0.15, 0.2) is 6.61 Å². The largest absolute Gasteiger partial charge is 0.489 e. The van der Waals surface area contributed by atoms with E-state index in [1.807, 2.05) is 12.1 Å². The van der Waals surface area contributed by atoms with Crippen LogP contribution in [0.4, 0.5) is 5.69 Å². The van der Waals surface area contributed by atoms with E-state index in [4.69, 9.17) is 14.2 Å². The Morgan fingerprint density at radius 2 is 2.00 bits per heavy atom. The van der Waals surface area contributed by atoms with Gasteiger partial charge in [-0.05, 0) is 36.8 Å². The normalized spacial score (nSPS) is 12.6. The van der Waals surface area contributed by atoms with Crippen LogP contribution in [-0.4, -0.2) is 25.1 Å². The Morgan fingerprint density at radius 1 is 1.21 bits per heavy atom. The van der Waals surface area contributed by atoms with Crippen LogP contribution in [0.1, 0.15) is 22.8 Å². The molecule has 0 bridgehead atoms. The maximum Gasteiger partial charge on any atom is 0.338 e. The van der Waals surface area contributed by atoms with E-state index in [0.717, 1.165) is 5.56 Å². The molecule has 1 aliphatic heterocycles. The van der Waals surface area contributed by atoms with Gasteiger partial charge in [0.1, 0.15) is 18.1 Å². The highest BCUT2D eigenvalue weighted by molar-refractivity contribution is 5.95. The molecule has 0 fully saturated rings. The van der Waals surface area contributed by atoms with Gasteiger partial charge in [-0.2, -0.15) is 0 Å². The van der Waals surface area contributed by atoms with Crippen LogP contribution in [-0.2, 0) is 16.1 Å². The fourth-order valence-corrected chi connectivity index (χ4v) is 2.27. The van der Waals surface area contributed by atoms with Gasteiger partial charge in [-0.25, -0.2) is 4.79 Å². The number of rotatable bonds is 5. The molecule has 3 rings (SSSR count). The lowest BCUT2D eigenvalue weighted by molar-refractivity contribution is -0.118. The Kier molecular flexibility index (Phi) is 4.65. The molecular formula is C18H17NO5. The highest BCUT2D eigenvalue weighted by Crippen LogP contribution is 2.31. The molecule has 1 N–H and O–H groups in total. The maximum atomic E-state index is 11.6. The van der Waals surface area contributed by atoms with Crippen molar-refractivity contribution in [3.05, 3.63) is 53.6 Å². The van der Waals surface area contributed by atoms with Crippen LogP contribution >= 0.6 is 0 Å². The molecule has 6 heteroatoms. The summed E-state index contributed by atoms with van der Waals surface area (Å²) in [5.41, 5.74) is 2.02. The molecule has 0 aromatic heterocycles. The first-order valence-electron chi connectivity index (χ1n) is 7.61. The molecule has 6 nitrogen and oxygen atoms in total. The number of benzene rings is 2. The van der Waals surface area contributed by atoms with Crippen molar-refractivity contribution in [2.45, 2.75) is 13.5 Å². The van der Waals surface area contributed by atoms with E-state index in [-0.39, 0.29) is 18.5 Å². The van der Waals surface area contributed by atoms with Gasteiger partial charge in [-0.1, -0.05) is 12.1 Å². The smallest absolute Gasteiger partial charge is 0.338 e. The van der Waals surface area contributed by atoms with E-state index >= 15 is 0 Å². The molecule has 2 aromatic rings. The van der Waals surface area contributed by atoms with Gasteiger partial charge in [-0.15, -0.1) is 0 Å². The Hall–Kier alpha value is -3.02. The van der Waals surface area contributed by atoms with Crippen LogP contribution in [0, 0.1) is 0 Å². The van der Waals surface area contributed by atoms with Crippen molar-refractivity contribution in [2.24, 2.45) is 0 Å². The van der Waals surface area contributed by atoms with Crippen molar-refractivity contribution in [3.63, 3.8) is 0 Å². The summed E-state index contributed by atoms with van der Waals surface area (Å²) in [6.45, 7) is 2.49. The zero-order valence-corrected chi connectivity index (χ0v) is 13.2. The van der Waals surface area contributed by atoms with Crippen LogP contribution in [0.3, 0.4) is 0 Å². The lowest BCUT2D eigenvalue weighted by atomic mass is 10.1. The summed E-state index contributed by atoms with van der Waals surface area (Å²) in [6, 6.07) is 12.3. The number of ether oxygens (including phenoxy) is 3. The molecule has 124 valence electrons. The molecule has 0 saturated carbocycles. The first-order chi connectivity index (χ1) is 11.7. The van der Waals surface area contributed by atoms with E-state index in [0.29, 0.717) is 36.0 Å². The number of hydrogen-bond donors (Lipinski definition) is 1. The first kappa shape index (κ1) is 15.9. The molecule has 1 amide bonds. The number of hydrogen-bond acceptors (Lipinski definition) is 5. The summed E-state index contributed by atoms with van der Waals surface area (Å²) in [5, 5.41) is 2.74. The second-order valence-electron chi connectivity index (χ2n) is 5.20. The van der Waals surface area contributed by atoms with Crippen molar-refractivity contribution in [3.8, 4) is 11.5 Å².